The minimum Gasteiger partial charge on any atom is -0.381 e. The number of thioether (sulfide) groups is 1. The van der Waals surface area contributed by atoms with E-state index >= 15 is 0 Å². The quantitative estimate of drug-likeness (QED) is 0.305. The number of nitrogens with one attached hydrogen (secondary N) is 2. The van der Waals surface area contributed by atoms with Crippen LogP contribution >= 0.6 is 11.8 Å². The van der Waals surface area contributed by atoms with Gasteiger partial charge in [-0.15, -0.1) is 11.8 Å². The summed E-state index contributed by atoms with van der Waals surface area (Å²) in [7, 11) is 1.80. The fraction of sp³-hybridized carbons (Fsp3) is 0.632. The van der Waals surface area contributed by atoms with Gasteiger partial charge >= 0.3 is 0 Å². The molecule has 1 aliphatic heterocycles. The highest BCUT2D eigenvalue weighted by molar-refractivity contribution is 7.98. The predicted octanol–water partition coefficient (Wildman–Crippen LogP) is 2.91. The van der Waals surface area contributed by atoms with Crippen LogP contribution in [0.5, 0.6) is 0 Å². The SMILES string of the molecule is CN=C(NCCCOCC1CCOCC1)NCc1ccc(SC)cc1. The molecule has 1 saturated heterocycles. The fourth-order valence-electron chi connectivity index (χ4n) is 2.69. The minimum atomic E-state index is 0.675. The van der Waals surface area contributed by atoms with Crippen LogP contribution in [-0.2, 0) is 16.0 Å². The molecule has 0 amide bonds. The number of ether oxygens (including phenoxy) is 2. The number of hydrogen-bond donors (Lipinski definition) is 2. The molecular formula is C19H31N3O2S. The van der Waals surface area contributed by atoms with Gasteiger partial charge in [-0.2, -0.15) is 0 Å². The van der Waals surface area contributed by atoms with Gasteiger partial charge in [0.15, 0.2) is 5.96 Å². The van der Waals surface area contributed by atoms with Crippen molar-refractivity contribution in [3.63, 3.8) is 0 Å². The van der Waals surface area contributed by atoms with Crippen LogP contribution in [0.4, 0.5) is 0 Å². The van der Waals surface area contributed by atoms with Crippen molar-refractivity contribution >= 4 is 17.7 Å². The molecule has 0 aliphatic carbocycles. The highest BCUT2D eigenvalue weighted by Gasteiger charge is 2.13. The third kappa shape index (κ3) is 8.12. The molecule has 1 heterocycles. The summed E-state index contributed by atoms with van der Waals surface area (Å²) < 4.78 is 11.1. The molecule has 1 aliphatic rings. The van der Waals surface area contributed by atoms with Gasteiger partial charge in [-0.05, 0) is 49.1 Å². The Bertz CT molecular complexity index is 502. The van der Waals surface area contributed by atoms with E-state index in [-0.39, 0.29) is 0 Å². The molecule has 140 valence electrons. The summed E-state index contributed by atoms with van der Waals surface area (Å²) in [5, 5.41) is 6.68. The standard InChI is InChI=1S/C19H31N3O2S/c1-20-19(22-14-16-4-6-18(25-2)7-5-16)21-10-3-11-24-15-17-8-12-23-13-9-17/h4-7,17H,3,8-15H2,1-2H3,(H2,20,21,22). The average Bonchev–Trinajstić information content (AvgIpc) is 2.68. The summed E-state index contributed by atoms with van der Waals surface area (Å²) in [5.74, 6) is 1.51. The minimum absolute atomic E-state index is 0.675. The Hall–Kier alpha value is -1.24. The lowest BCUT2D eigenvalue weighted by atomic mass is 10.0. The van der Waals surface area contributed by atoms with Gasteiger partial charge in [0.2, 0.25) is 0 Å². The van der Waals surface area contributed by atoms with E-state index in [1.807, 2.05) is 0 Å². The molecule has 25 heavy (non-hydrogen) atoms. The molecule has 0 spiro atoms. The van der Waals surface area contributed by atoms with Crippen molar-refractivity contribution in [1.82, 2.24) is 10.6 Å². The van der Waals surface area contributed by atoms with Gasteiger partial charge in [-0.1, -0.05) is 12.1 Å². The summed E-state index contributed by atoms with van der Waals surface area (Å²) in [6, 6.07) is 8.59. The topological polar surface area (TPSA) is 54.9 Å². The second-order valence-corrected chi connectivity index (χ2v) is 7.06. The van der Waals surface area contributed by atoms with Gasteiger partial charge < -0.3 is 20.1 Å². The second kappa shape index (κ2) is 12.2. The van der Waals surface area contributed by atoms with Gasteiger partial charge in [-0.3, -0.25) is 4.99 Å². The lowest BCUT2D eigenvalue weighted by Crippen LogP contribution is -2.37. The Morgan fingerprint density at radius 1 is 1.24 bits per heavy atom. The third-order valence-electron chi connectivity index (χ3n) is 4.29. The first-order valence-corrected chi connectivity index (χ1v) is 10.3. The first kappa shape index (κ1) is 20.1. The van der Waals surface area contributed by atoms with E-state index in [1.54, 1.807) is 18.8 Å². The molecule has 1 aromatic rings. The molecule has 2 rings (SSSR count). The van der Waals surface area contributed by atoms with Crippen molar-refractivity contribution in [2.45, 2.75) is 30.7 Å². The summed E-state index contributed by atoms with van der Waals surface area (Å²) >= 11 is 1.76. The van der Waals surface area contributed by atoms with Crippen molar-refractivity contribution in [2.75, 3.05) is 46.3 Å². The molecule has 0 atom stereocenters. The number of aliphatic imine (C=N–C) groups is 1. The van der Waals surface area contributed by atoms with Crippen molar-refractivity contribution in [3.8, 4) is 0 Å². The normalized spacial score (nSPS) is 16.0. The molecule has 0 unspecified atom stereocenters. The number of hydrogen-bond acceptors (Lipinski definition) is 4. The van der Waals surface area contributed by atoms with E-state index in [1.165, 1.54) is 10.5 Å². The van der Waals surface area contributed by atoms with Crippen LogP contribution in [0.25, 0.3) is 0 Å². The molecule has 0 radical (unpaired) electrons. The molecule has 6 heteroatoms. The first-order valence-electron chi connectivity index (χ1n) is 9.04. The molecule has 0 aromatic heterocycles. The van der Waals surface area contributed by atoms with Crippen LogP contribution in [-0.4, -0.2) is 52.2 Å². The average molecular weight is 366 g/mol. The van der Waals surface area contributed by atoms with Crippen LogP contribution in [0, 0.1) is 5.92 Å². The zero-order valence-electron chi connectivity index (χ0n) is 15.4. The van der Waals surface area contributed by atoms with Crippen LogP contribution in [0.3, 0.4) is 0 Å². The molecule has 0 bridgehead atoms. The van der Waals surface area contributed by atoms with E-state index in [0.29, 0.717) is 5.92 Å². The van der Waals surface area contributed by atoms with Crippen molar-refractivity contribution in [3.05, 3.63) is 29.8 Å². The Morgan fingerprint density at radius 2 is 2.00 bits per heavy atom. The lowest BCUT2D eigenvalue weighted by Gasteiger charge is -2.21. The number of nitrogens with zero attached hydrogens (tertiary/aromatic N) is 1. The molecule has 1 fully saturated rings. The maximum atomic E-state index is 5.78. The molecule has 5 nitrogen and oxygen atoms in total. The third-order valence-corrected chi connectivity index (χ3v) is 5.04. The van der Waals surface area contributed by atoms with E-state index in [9.17, 15) is 0 Å². The van der Waals surface area contributed by atoms with Crippen molar-refractivity contribution in [2.24, 2.45) is 10.9 Å². The smallest absolute Gasteiger partial charge is 0.191 e. The fourth-order valence-corrected chi connectivity index (χ4v) is 3.10. The van der Waals surface area contributed by atoms with Gasteiger partial charge in [0.1, 0.15) is 0 Å². The Balaban J connectivity index is 1.53. The monoisotopic (exact) mass is 365 g/mol. The van der Waals surface area contributed by atoms with Gasteiger partial charge in [0, 0.05) is 51.5 Å². The molecule has 1 aromatic carbocycles. The maximum Gasteiger partial charge on any atom is 0.191 e. The number of benzene rings is 1. The van der Waals surface area contributed by atoms with Gasteiger partial charge in [-0.25, -0.2) is 0 Å². The highest BCUT2D eigenvalue weighted by atomic mass is 32.2. The van der Waals surface area contributed by atoms with Crippen LogP contribution in [0.1, 0.15) is 24.8 Å². The summed E-state index contributed by atoms with van der Waals surface area (Å²) in [6.07, 6.45) is 5.33. The largest absolute Gasteiger partial charge is 0.381 e. The van der Waals surface area contributed by atoms with Crippen LogP contribution in [0.15, 0.2) is 34.2 Å². The van der Waals surface area contributed by atoms with E-state index in [2.05, 4.69) is 46.1 Å². The van der Waals surface area contributed by atoms with Gasteiger partial charge in [0.05, 0.1) is 0 Å². The van der Waals surface area contributed by atoms with E-state index < -0.39 is 0 Å². The van der Waals surface area contributed by atoms with E-state index in [4.69, 9.17) is 9.47 Å². The molecular weight excluding hydrogens is 334 g/mol. The van der Waals surface area contributed by atoms with Crippen molar-refractivity contribution < 1.29 is 9.47 Å². The predicted molar refractivity (Wildman–Crippen MR) is 105 cm³/mol. The lowest BCUT2D eigenvalue weighted by molar-refractivity contribution is 0.0203. The molecule has 0 saturated carbocycles. The first-order chi connectivity index (χ1) is 12.3. The highest BCUT2D eigenvalue weighted by Crippen LogP contribution is 2.15. The molecule has 2 N–H and O–H groups in total. The second-order valence-electron chi connectivity index (χ2n) is 6.18. The zero-order valence-corrected chi connectivity index (χ0v) is 16.2. The summed E-state index contributed by atoms with van der Waals surface area (Å²) in [6.45, 7) is 5.06. The Labute approximate surface area is 156 Å². The van der Waals surface area contributed by atoms with E-state index in [0.717, 1.165) is 64.7 Å². The van der Waals surface area contributed by atoms with Crippen molar-refractivity contribution in [1.29, 1.82) is 0 Å². The zero-order chi connectivity index (χ0) is 17.7. The van der Waals surface area contributed by atoms with Crippen LogP contribution < -0.4 is 10.6 Å². The Kier molecular flexibility index (Phi) is 9.77. The van der Waals surface area contributed by atoms with Crippen LogP contribution in [0.2, 0.25) is 0 Å². The van der Waals surface area contributed by atoms with Gasteiger partial charge in [0.25, 0.3) is 0 Å². The maximum absolute atomic E-state index is 5.78. The number of guanidine groups is 1. The summed E-state index contributed by atoms with van der Waals surface area (Å²) in [5.41, 5.74) is 1.25. The number of rotatable bonds is 9. The summed E-state index contributed by atoms with van der Waals surface area (Å²) in [4.78, 5) is 5.55. The Morgan fingerprint density at radius 3 is 2.68 bits per heavy atom.